The number of rotatable bonds is 7. The van der Waals surface area contributed by atoms with Crippen LogP contribution < -0.4 is 15.6 Å². The number of methoxy groups -OCH3 is 1. The molecular weight excluding hydrogens is 398 g/mol. The molecule has 156 valence electrons. The molecule has 1 amide bonds. The van der Waals surface area contributed by atoms with E-state index >= 15 is 0 Å². The van der Waals surface area contributed by atoms with Gasteiger partial charge in [0.2, 0.25) is 5.91 Å². The van der Waals surface area contributed by atoms with Crippen molar-refractivity contribution in [3.05, 3.63) is 80.8 Å². The number of aromatic amines is 1. The molecule has 0 fully saturated rings. The Bertz CT molecular complexity index is 1100. The summed E-state index contributed by atoms with van der Waals surface area (Å²) in [6.45, 7) is 5.71. The van der Waals surface area contributed by atoms with Gasteiger partial charge < -0.3 is 15.0 Å². The maximum atomic E-state index is 12.6. The molecule has 30 heavy (non-hydrogen) atoms. The normalized spacial score (nSPS) is 10.7. The highest BCUT2D eigenvalue weighted by Crippen LogP contribution is 2.22. The van der Waals surface area contributed by atoms with Crippen molar-refractivity contribution in [3.63, 3.8) is 0 Å². The van der Waals surface area contributed by atoms with Gasteiger partial charge in [0.1, 0.15) is 5.75 Å². The van der Waals surface area contributed by atoms with Crippen molar-refractivity contribution in [2.24, 2.45) is 0 Å². The molecule has 0 aliphatic carbocycles. The van der Waals surface area contributed by atoms with Crippen molar-refractivity contribution >= 4 is 23.4 Å². The molecule has 2 aromatic carbocycles. The number of thioether (sulfide) groups is 1. The number of aryl methyl sites for hydroxylation is 3. The van der Waals surface area contributed by atoms with Crippen LogP contribution >= 0.6 is 11.8 Å². The van der Waals surface area contributed by atoms with Crippen molar-refractivity contribution in [2.75, 3.05) is 12.4 Å². The van der Waals surface area contributed by atoms with E-state index in [4.69, 9.17) is 4.74 Å². The van der Waals surface area contributed by atoms with Crippen LogP contribution in [-0.2, 0) is 17.0 Å². The molecular formula is C23H25N3O3S. The monoisotopic (exact) mass is 423 g/mol. The minimum Gasteiger partial charge on any atom is -0.497 e. The lowest BCUT2D eigenvalue weighted by Crippen LogP contribution is -2.23. The molecule has 0 atom stereocenters. The topological polar surface area (TPSA) is 84.1 Å². The molecule has 0 saturated heterocycles. The largest absolute Gasteiger partial charge is 0.497 e. The second-order valence-corrected chi connectivity index (χ2v) is 8.14. The Morgan fingerprint density at radius 2 is 1.87 bits per heavy atom. The van der Waals surface area contributed by atoms with Crippen molar-refractivity contribution in [1.82, 2.24) is 9.97 Å². The van der Waals surface area contributed by atoms with E-state index in [0.717, 1.165) is 28.1 Å². The lowest BCUT2D eigenvalue weighted by molar-refractivity contribution is -0.115. The van der Waals surface area contributed by atoms with Gasteiger partial charge in [0, 0.05) is 22.7 Å². The van der Waals surface area contributed by atoms with Crippen molar-refractivity contribution in [1.29, 1.82) is 0 Å². The van der Waals surface area contributed by atoms with Gasteiger partial charge in [-0.25, -0.2) is 4.98 Å². The predicted molar refractivity (Wildman–Crippen MR) is 120 cm³/mol. The van der Waals surface area contributed by atoms with Crippen LogP contribution in [0.2, 0.25) is 0 Å². The van der Waals surface area contributed by atoms with E-state index in [1.807, 2.05) is 56.3 Å². The van der Waals surface area contributed by atoms with Gasteiger partial charge in [-0.2, -0.15) is 0 Å². The van der Waals surface area contributed by atoms with E-state index in [1.54, 1.807) is 14.0 Å². The fourth-order valence-electron chi connectivity index (χ4n) is 3.19. The third kappa shape index (κ3) is 5.73. The molecule has 3 aromatic rings. The summed E-state index contributed by atoms with van der Waals surface area (Å²) in [6, 6.07) is 13.6. The first kappa shape index (κ1) is 21.6. The Balaban J connectivity index is 1.68. The number of hydrogen-bond acceptors (Lipinski definition) is 5. The number of amides is 1. The quantitative estimate of drug-likeness (QED) is 0.440. The number of hydrogen-bond donors (Lipinski definition) is 2. The van der Waals surface area contributed by atoms with Crippen molar-refractivity contribution < 1.29 is 9.53 Å². The van der Waals surface area contributed by atoms with Crippen LogP contribution in [0, 0.1) is 20.8 Å². The van der Waals surface area contributed by atoms with E-state index < -0.39 is 0 Å². The van der Waals surface area contributed by atoms with Crippen molar-refractivity contribution in [2.45, 2.75) is 38.1 Å². The molecule has 7 heteroatoms. The highest BCUT2D eigenvalue weighted by atomic mass is 32.2. The summed E-state index contributed by atoms with van der Waals surface area (Å²) >= 11 is 1.43. The van der Waals surface area contributed by atoms with E-state index in [1.165, 1.54) is 11.8 Å². The predicted octanol–water partition coefficient (Wildman–Crippen LogP) is 4.18. The van der Waals surface area contributed by atoms with Gasteiger partial charge in [0.25, 0.3) is 5.56 Å². The minimum atomic E-state index is -0.286. The van der Waals surface area contributed by atoms with Crippen molar-refractivity contribution in [3.8, 4) is 5.75 Å². The van der Waals surface area contributed by atoms with E-state index in [0.29, 0.717) is 22.2 Å². The molecule has 0 saturated carbocycles. The first-order valence-electron chi connectivity index (χ1n) is 9.57. The summed E-state index contributed by atoms with van der Waals surface area (Å²) in [5.41, 5.74) is 4.58. The Morgan fingerprint density at radius 1 is 1.13 bits per heavy atom. The Hall–Kier alpha value is -3.06. The fraction of sp³-hybridized carbons (Fsp3) is 0.261. The van der Waals surface area contributed by atoms with Gasteiger partial charge in [-0.1, -0.05) is 30.0 Å². The number of nitrogens with one attached hydrogen (secondary N) is 2. The fourth-order valence-corrected chi connectivity index (χ4v) is 4.04. The molecule has 1 heterocycles. The van der Waals surface area contributed by atoms with Crippen LogP contribution in [0.15, 0.2) is 52.4 Å². The highest BCUT2D eigenvalue weighted by molar-refractivity contribution is 7.98. The second-order valence-electron chi connectivity index (χ2n) is 7.18. The van der Waals surface area contributed by atoms with Gasteiger partial charge in [0.05, 0.1) is 13.5 Å². The maximum absolute atomic E-state index is 12.6. The second kappa shape index (κ2) is 9.63. The highest BCUT2D eigenvalue weighted by Gasteiger charge is 2.14. The lowest BCUT2D eigenvalue weighted by atomic mass is 10.1. The lowest BCUT2D eigenvalue weighted by Gasteiger charge is -2.10. The zero-order chi connectivity index (χ0) is 21.7. The summed E-state index contributed by atoms with van der Waals surface area (Å²) in [4.78, 5) is 32.3. The molecule has 0 radical (unpaired) electrons. The number of nitrogens with zero attached hydrogens (tertiary/aromatic N) is 1. The summed E-state index contributed by atoms with van der Waals surface area (Å²) in [7, 11) is 1.63. The zero-order valence-corrected chi connectivity index (χ0v) is 18.4. The SMILES string of the molecule is COc1cccc(CSc2nc(C)c(CC(=O)Nc3cc(C)cc(C)c3)c(=O)[nH]2)c1. The third-order valence-corrected chi connectivity index (χ3v) is 5.50. The number of aromatic nitrogens is 2. The molecule has 3 rings (SSSR count). The Labute approximate surface area is 180 Å². The smallest absolute Gasteiger partial charge is 0.255 e. The van der Waals surface area contributed by atoms with Crippen LogP contribution in [0.5, 0.6) is 5.75 Å². The van der Waals surface area contributed by atoms with Crippen LogP contribution in [0.4, 0.5) is 5.69 Å². The minimum absolute atomic E-state index is 0.0258. The van der Waals surface area contributed by atoms with Crippen LogP contribution in [-0.4, -0.2) is 23.0 Å². The summed E-state index contributed by atoms with van der Waals surface area (Å²) in [6.07, 6.45) is -0.0258. The number of anilines is 1. The van der Waals surface area contributed by atoms with E-state index in [9.17, 15) is 9.59 Å². The van der Waals surface area contributed by atoms with E-state index in [2.05, 4.69) is 15.3 Å². The number of carbonyl (C=O) groups is 1. The maximum Gasteiger partial charge on any atom is 0.255 e. The number of benzene rings is 2. The van der Waals surface area contributed by atoms with E-state index in [-0.39, 0.29) is 17.9 Å². The Kier molecular flexibility index (Phi) is 6.95. The first-order chi connectivity index (χ1) is 14.3. The molecule has 0 spiro atoms. The number of H-pyrrole nitrogens is 1. The van der Waals surface area contributed by atoms with Gasteiger partial charge in [-0.3, -0.25) is 9.59 Å². The number of ether oxygens (including phenoxy) is 1. The first-order valence-corrected chi connectivity index (χ1v) is 10.6. The Morgan fingerprint density at radius 3 is 2.53 bits per heavy atom. The number of carbonyl (C=O) groups excluding carboxylic acids is 1. The molecule has 0 aliphatic rings. The average Bonchev–Trinajstić information content (AvgIpc) is 2.68. The molecule has 2 N–H and O–H groups in total. The van der Waals surface area contributed by atoms with Crippen LogP contribution in [0.25, 0.3) is 0 Å². The van der Waals surface area contributed by atoms with Gasteiger partial charge >= 0.3 is 0 Å². The van der Waals surface area contributed by atoms with Gasteiger partial charge in [-0.05, 0) is 61.7 Å². The summed E-state index contributed by atoms with van der Waals surface area (Å²) in [5, 5.41) is 3.39. The molecule has 1 aromatic heterocycles. The van der Waals surface area contributed by atoms with Gasteiger partial charge in [0.15, 0.2) is 5.16 Å². The third-order valence-electron chi connectivity index (χ3n) is 4.55. The van der Waals surface area contributed by atoms with Gasteiger partial charge in [-0.15, -0.1) is 0 Å². The molecule has 0 aliphatic heterocycles. The summed E-state index contributed by atoms with van der Waals surface area (Å²) < 4.78 is 5.23. The zero-order valence-electron chi connectivity index (χ0n) is 17.5. The molecule has 0 bridgehead atoms. The van der Waals surface area contributed by atoms with Crippen LogP contribution in [0.3, 0.4) is 0 Å². The standard InChI is InChI=1S/C23H25N3O3S/c1-14-8-15(2)10-18(9-14)25-21(27)12-20-16(3)24-23(26-22(20)28)30-13-17-6-5-7-19(11-17)29-4/h5-11H,12-13H2,1-4H3,(H,25,27)(H,24,26,28). The molecule has 6 nitrogen and oxygen atoms in total. The summed E-state index contributed by atoms with van der Waals surface area (Å²) in [5.74, 6) is 1.19. The van der Waals surface area contributed by atoms with Crippen LogP contribution in [0.1, 0.15) is 27.9 Å². The molecule has 0 unspecified atom stereocenters. The average molecular weight is 424 g/mol.